The van der Waals surface area contributed by atoms with Crippen molar-refractivity contribution < 1.29 is 19.4 Å². The van der Waals surface area contributed by atoms with E-state index in [1.165, 1.54) is 95.6 Å². The monoisotopic (exact) mass is 564 g/mol. The number of carboxylic acids is 1. The van der Waals surface area contributed by atoms with Crippen LogP contribution in [-0.4, -0.2) is 43.2 Å². The Bertz CT molecular complexity index is 422. The van der Waals surface area contributed by atoms with Gasteiger partial charge in [0.05, 0.1) is 13.1 Å². The molecule has 6 heteroatoms. The van der Waals surface area contributed by atoms with E-state index in [0.29, 0.717) is 6.08 Å². The minimum Gasteiger partial charge on any atom is -0.545 e. The van der Waals surface area contributed by atoms with Crippen LogP contribution in [0.4, 0.5) is 0 Å². The van der Waals surface area contributed by atoms with Crippen molar-refractivity contribution >= 4 is 39.3 Å². The van der Waals surface area contributed by atoms with Gasteiger partial charge in [-0.15, -0.1) is 0 Å². The Kier molecular flexibility index (Phi) is 29.7. The fourth-order valence-electron chi connectivity index (χ4n) is 3.03. The summed E-state index contributed by atoms with van der Waals surface area (Å²) in [4.78, 5) is 19.7. The van der Waals surface area contributed by atoms with Crippen molar-refractivity contribution in [2.75, 3.05) is 12.9 Å². The molecule has 0 aliphatic heterocycles. The first-order chi connectivity index (χ1) is 15.0. The van der Waals surface area contributed by atoms with Crippen LogP contribution in [0.25, 0.3) is 0 Å². The SMILES string of the molecule is CCCCCCCCCCCC[S][Sn+]([CH2]CCC)[CH2]CCC.COC(=O)C=CC(=O)[O-]. The Morgan fingerprint density at radius 3 is 1.61 bits per heavy atom. The summed E-state index contributed by atoms with van der Waals surface area (Å²) in [5.41, 5.74) is 0. The predicted octanol–water partition coefficient (Wildman–Crippen LogP) is 6.70. The van der Waals surface area contributed by atoms with E-state index in [9.17, 15) is 14.7 Å². The van der Waals surface area contributed by atoms with Crippen LogP contribution in [0.15, 0.2) is 12.2 Å². The van der Waals surface area contributed by atoms with Gasteiger partial charge in [-0.25, -0.2) is 4.79 Å². The van der Waals surface area contributed by atoms with Crippen LogP contribution >= 0.6 is 8.95 Å². The van der Waals surface area contributed by atoms with Crippen molar-refractivity contribution in [3.63, 3.8) is 0 Å². The minimum atomic E-state index is -1.42. The number of unbranched alkanes of at least 4 members (excludes halogenated alkanes) is 11. The summed E-state index contributed by atoms with van der Waals surface area (Å²) in [5, 5.41) is 9.61. The van der Waals surface area contributed by atoms with E-state index in [4.69, 9.17) is 0 Å². The summed E-state index contributed by atoms with van der Waals surface area (Å²) in [5.74, 6) is -0.627. The van der Waals surface area contributed by atoms with Gasteiger partial charge >= 0.3 is 152 Å². The number of hydrogen-bond acceptors (Lipinski definition) is 5. The second-order valence-corrected chi connectivity index (χ2v) is 20.9. The average molecular weight is 563 g/mol. The number of rotatable bonds is 20. The molecule has 0 fully saturated rings. The summed E-state index contributed by atoms with van der Waals surface area (Å²) in [6.45, 7) is 7.01. The van der Waals surface area contributed by atoms with E-state index in [2.05, 4.69) is 34.5 Å². The van der Waals surface area contributed by atoms with E-state index in [-0.39, 0.29) is 0 Å². The third-order valence-corrected chi connectivity index (χ3v) is 19.1. The fourth-order valence-corrected chi connectivity index (χ4v) is 17.1. The zero-order chi connectivity index (χ0) is 23.6. The van der Waals surface area contributed by atoms with Crippen LogP contribution in [0, 0.1) is 0 Å². The molecule has 0 saturated heterocycles. The molecule has 0 bridgehead atoms. The Hall–Kier alpha value is -0.171. The van der Waals surface area contributed by atoms with Crippen molar-refractivity contribution in [2.24, 2.45) is 0 Å². The van der Waals surface area contributed by atoms with Gasteiger partial charge < -0.3 is 14.6 Å². The Morgan fingerprint density at radius 2 is 1.19 bits per heavy atom. The molecule has 0 rings (SSSR count). The molecule has 0 radical (unpaired) electrons. The van der Waals surface area contributed by atoms with Gasteiger partial charge in [0, 0.05) is 6.08 Å². The van der Waals surface area contributed by atoms with Crippen LogP contribution in [0.3, 0.4) is 0 Å². The van der Waals surface area contributed by atoms with Crippen LogP contribution in [0.1, 0.15) is 111 Å². The van der Waals surface area contributed by atoms with Crippen molar-refractivity contribution in [1.82, 2.24) is 0 Å². The van der Waals surface area contributed by atoms with E-state index >= 15 is 0 Å². The van der Waals surface area contributed by atoms with Crippen molar-refractivity contribution in [2.45, 2.75) is 120 Å². The molecule has 0 N–H and O–H groups in total. The van der Waals surface area contributed by atoms with Gasteiger partial charge in [0.2, 0.25) is 0 Å². The topological polar surface area (TPSA) is 66.4 Å². The van der Waals surface area contributed by atoms with Gasteiger partial charge in [-0.1, -0.05) is 6.92 Å². The van der Waals surface area contributed by atoms with E-state index in [1.54, 1.807) is 8.87 Å². The molecule has 0 aliphatic carbocycles. The normalized spacial score (nSPS) is 10.6. The minimum absolute atomic E-state index is 0.603. The quantitative estimate of drug-likeness (QED) is 0.0714. The number of carboxylic acid groups (broad SMARTS) is 1. The number of methoxy groups -OCH3 is 1. The zero-order valence-electron chi connectivity index (χ0n) is 20.7. The standard InChI is InChI=1S/C12H26S.C5H6O4.2C4H9.Sn/c1-2-3-4-5-6-7-8-9-10-11-12-13;1-9-5(8)3-2-4(6)7;2*1-3-4-2;/h13H,2-12H2,1H3;2-3H,1H3,(H,6,7);2*1,3-4H2,2H3;/q;;;;+2/p-2. The first-order valence-electron chi connectivity index (χ1n) is 12.5. The summed E-state index contributed by atoms with van der Waals surface area (Å²) in [7, 11) is 3.63. The molecule has 0 atom stereocenters. The van der Waals surface area contributed by atoms with Crippen molar-refractivity contribution in [1.29, 1.82) is 0 Å². The molecule has 182 valence electrons. The van der Waals surface area contributed by atoms with Gasteiger partial charge in [-0.05, 0) is 6.08 Å². The molecule has 0 saturated carbocycles. The number of ether oxygens (including phenoxy) is 1. The van der Waals surface area contributed by atoms with Crippen LogP contribution in [-0.2, 0) is 14.3 Å². The first-order valence-corrected chi connectivity index (χ1v) is 21.0. The molecule has 0 unspecified atom stereocenters. The Labute approximate surface area is 202 Å². The molecule has 0 spiro atoms. The molecule has 0 aromatic carbocycles. The van der Waals surface area contributed by atoms with Crippen LogP contribution in [0.2, 0.25) is 8.87 Å². The van der Waals surface area contributed by atoms with Gasteiger partial charge in [0.25, 0.3) is 0 Å². The second-order valence-electron chi connectivity index (χ2n) is 7.95. The molecule has 0 amide bonds. The number of carbonyl (C=O) groups is 2. The molecule has 0 aromatic heterocycles. The maximum Gasteiger partial charge on any atom is 0.330 e. The molecule has 31 heavy (non-hydrogen) atoms. The Morgan fingerprint density at radius 1 is 0.742 bits per heavy atom. The second kappa shape index (κ2) is 27.9. The fraction of sp³-hybridized carbons (Fsp3) is 0.840. The average Bonchev–Trinajstić information content (AvgIpc) is 2.77. The van der Waals surface area contributed by atoms with E-state index in [1.807, 2.05) is 0 Å². The summed E-state index contributed by atoms with van der Waals surface area (Å²) < 4.78 is 7.39. The van der Waals surface area contributed by atoms with E-state index < -0.39 is 30.3 Å². The third-order valence-electron chi connectivity index (χ3n) is 4.98. The third kappa shape index (κ3) is 29.8. The summed E-state index contributed by atoms with van der Waals surface area (Å²) in [6.07, 6.45) is 22.0. The summed E-state index contributed by atoms with van der Waals surface area (Å²) in [6, 6.07) is 0. The predicted molar refractivity (Wildman–Crippen MR) is 136 cm³/mol. The maximum atomic E-state index is 10.1. The largest absolute Gasteiger partial charge is 0.545 e. The van der Waals surface area contributed by atoms with Gasteiger partial charge in [-0.3, -0.25) is 0 Å². The number of esters is 1. The molecule has 4 nitrogen and oxygen atoms in total. The van der Waals surface area contributed by atoms with Gasteiger partial charge in [0.1, 0.15) is 0 Å². The van der Waals surface area contributed by atoms with Gasteiger partial charge in [-0.2, -0.15) is 0 Å². The van der Waals surface area contributed by atoms with Gasteiger partial charge in [0.15, 0.2) is 0 Å². The molecular weight excluding hydrogens is 515 g/mol. The maximum absolute atomic E-state index is 10.1. The molecular formula is C25H48O4SSn. The van der Waals surface area contributed by atoms with Crippen molar-refractivity contribution in [3.05, 3.63) is 12.2 Å². The number of carbonyl (C=O) groups excluding carboxylic acids is 2. The number of hydrogen-bond donors (Lipinski definition) is 0. The first kappa shape index (κ1) is 33.0. The smallest absolute Gasteiger partial charge is 0.330 e. The molecule has 0 aliphatic rings. The summed E-state index contributed by atoms with van der Waals surface area (Å²) >= 11 is -1.01. The van der Waals surface area contributed by atoms with Crippen LogP contribution in [0.5, 0.6) is 0 Å². The van der Waals surface area contributed by atoms with Crippen LogP contribution < -0.4 is 5.11 Å². The van der Waals surface area contributed by atoms with Crippen molar-refractivity contribution in [3.8, 4) is 0 Å². The van der Waals surface area contributed by atoms with E-state index in [0.717, 1.165) is 13.2 Å². The molecule has 0 heterocycles. The molecule has 0 aromatic rings. The Balaban J connectivity index is 0. The number of aliphatic carboxylic acids is 1. The zero-order valence-corrected chi connectivity index (χ0v) is 24.4.